The highest BCUT2D eigenvalue weighted by Crippen LogP contribution is 2.20. The predicted octanol–water partition coefficient (Wildman–Crippen LogP) is 3.19. The molecule has 1 N–H and O–H groups in total. The van der Waals surface area contributed by atoms with Gasteiger partial charge in [0.25, 0.3) is 0 Å². The second-order valence-corrected chi connectivity index (χ2v) is 6.08. The monoisotopic (exact) mass is 363 g/mol. The molecule has 0 saturated carbocycles. The molecule has 0 aliphatic rings. The van der Waals surface area contributed by atoms with Crippen LogP contribution in [0.1, 0.15) is 0 Å². The lowest BCUT2D eigenvalue weighted by molar-refractivity contribution is -0.113. The third-order valence-corrected chi connectivity index (χ3v) is 4.09. The molecule has 0 aliphatic carbocycles. The van der Waals surface area contributed by atoms with Gasteiger partial charge in [-0.1, -0.05) is 35.5 Å². The van der Waals surface area contributed by atoms with Crippen LogP contribution >= 0.6 is 23.4 Å². The number of halogens is 2. The fourth-order valence-electron chi connectivity index (χ4n) is 1.93. The van der Waals surface area contributed by atoms with Crippen molar-refractivity contribution in [2.75, 3.05) is 11.1 Å². The van der Waals surface area contributed by atoms with E-state index in [1.807, 2.05) is 0 Å². The zero-order valence-electron chi connectivity index (χ0n) is 12.2. The van der Waals surface area contributed by atoms with Gasteiger partial charge in [0.1, 0.15) is 5.82 Å². The number of carbonyl (C=O) groups is 1. The minimum Gasteiger partial charge on any atom is -0.325 e. The number of tetrazole rings is 1. The Labute approximate surface area is 146 Å². The summed E-state index contributed by atoms with van der Waals surface area (Å²) in [4.78, 5) is 12.0. The van der Waals surface area contributed by atoms with E-state index in [4.69, 9.17) is 11.6 Å². The normalized spacial score (nSPS) is 10.6. The number of nitrogens with one attached hydrogen (secondary N) is 1. The van der Waals surface area contributed by atoms with Gasteiger partial charge in [-0.05, 0) is 46.8 Å². The van der Waals surface area contributed by atoms with E-state index in [9.17, 15) is 9.18 Å². The Morgan fingerprint density at radius 1 is 1.25 bits per heavy atom. The van der Waals surface area contributed by atoms with E-state index >= 15 is 0 Å². The molecule has 0 fully saturated rings. The Bertz CT molecular complexity index is 872. The standard InChI is InChI=1S/C15H11ClFN5OS/c16-10-3-1-6-13(7-10)22-15(19-20-21-22)24-9-14(23)18-12-5-2-4-11(17)8-12/h1-8H,9H2,(H,18,23). The molecule has 3 aromatic rings. The molecule has 0 aliphatic heterocycles. The highest BCUT2D eigenvalue weighted by Gasteiger charge is 2.12. The lowest BCUT2D eigenvalue weighted by Crippen LogP contribution is -2.14. The van der Waals surface area contributed by atoms with Gasteiger partial charge in [0, 0.05) is 10.7 Å². The first kappa shape index (κ1) is 16.4. The van der Waals surface area contributed by atoms with Gasteiger partial charge in [-0.15, -0.1) is 5.10 Å². The fraction of sp³-hybridized carbons (Fsp3) is 0.0667. The van der Waals surface area contributed by atoms with Crippen molar-refractivity contribution in [2.45, 2.75) is 5.16 Å². The summed E-state index contributed by atoms with van der Waals surface area (Å²) in [7, 11) is 0. The summed E-state index contributed by atoms with van der Waals surface area (Å²) in [6.07, 6.45) is 0. The van der Waals surface area contributed by atoms with Crippen LogP contribution in [0.25, 0.3) is 5.69 Å². The summed E-state index contributed by atoms with van der Waals surface area (Å²) < 4.78 is 14.6. The molecule has 1 heterocycles. The minimum atomic E-state index is -0.412. The predicted molar refractivity (Wildman–Crippen MR) is 89.9 cm³/mol. The topological polar surface area (TPSA) is 72.7 Å². The number of hydrogen-bond acceptors (Lipinski definition) is 5. The van der Waals surface area contributed by atoms with E-state index in [1.165, 1.54) is 22.9 Å². The van der Waals surface area contributed by atoms with E-state index in [-0.39, 0.29) is 11.7 Å². The van der Waals surface area contributed by atoms with Crippen LogP contribution in [0, 0.1) is 5.82 Å². The van der Waals surface area contributed by atoms with Crippen molar-refractivity contribution in [2.24, 2.45) is 0 Å². The Kier molecular flexibility index (Phi) is 5.07. The highest BCUT2D eigenvalue weighted by molar-refractivity contribution is 7.99. The first-order chi connectivity index (χ1) is 11.6. The van der Waals surface area contributed by atoms with Crippen LogP contribution in [0.3, 0.4) is 0 Å². The summed E-state index contributed by atoms with van der Waals surface area (Å²) in [6.45, 7) is 0. The van der Waals surface area contributed by atoms with Crippen molar-refractivity contribution in [1.82, 2.24) is 20.2 Å². The van der Waals surface area contributed by atoms with Crippen LogP contribution in [0.2, 0.25) is 5.02 Å². The van der Waals surface area contributed by atoms with Gasteiger partial charge < -0.3 is 5.32 Å². The van der Waals surface area contributed by atoms with Crippen LogP contribution < -0.4 is 5.32 Å². The van der Waals surface area contributed by atoms with Crippen molar-refractivity contribution in [3.8, 4) is 5.69 Å². The zero-order valence-corrected chi connectivity index (χ0v) is 13.8. The summed E-state index contributed by atoms with van der Waals surface area (Å²) in [5, 5.41) is 15.0. The van der Waals surface area contributed by atoms with Crippen molar-refractivity contribution in [3.63, 3.8) is 0 Å². The van der Waals surface area contributed by atoms with E-state index < -0.39 is 5.82 Å². The van der Waals surface area contributed by atoms with Gasteiger partial charge >= 0.3 is 0 Å². The number of carbonyl (C=O) groups excluding carboxylic acids is 1. The van der Waals surface area contributed by atoms with E-state index in [0.29, 0.717) is 21.6 Å². The number of hydrogen-bond donors (Lipinski definition) is 1. The van der Waals surface area contributed by atoms with Crippen LogP contribution in [-0.2, 0) is 4.79 Å². The lowest BCUT2D eigenvalue weighted by Gasteiger charge is -2.06. The summed E-state index contributed by atoms with van der Waals surface area (Å²) in [5.74, 6) is -0.617. The second-order valence-electron chi connectivity index (χ2n) is 4.70. The van der Waals surface area contributed by atoms with Gasteiger partial charge in [-0.25, -0.2) is 4.39 Å². The van der Waals surface area contributed by atoms with Crippen LogP contribution in [0.15, 0.2) is 53.7 Å². The molecule has 0 unspecified atom stereocenters. The summed E-state index contributed by atoms with van der Waals surface area (Å²) in [6, 6.07) is 12.7. The molecule has 3 rings (SSSR count). The number of nitrogens with zero attached hydrogens (tertiary/aromatic N) is 4. The number of amides is 1. The van der Waals surface area contributed by atoms with E-state index in [2.05, 4.69) is 20.8 Å². The molecule has 122 valence electrons. The molecule has 0 spiro atoms. The molecule has 0 bridgehead atoms. The number of rotatable bonds is 5. The van der Waals surface area contributed by atoms with Gasteiger partial charge in [0.2, 0.25) is 11.1 Å². The first-order valence-corrected chi connectivity index (χ1v) is 8.21. The molecule has 1 aromatic heterocycles. The van der Waals surface area contributed by atoms with Crippen molar-refractivity contribution in [3.05, 3.63) is 59.4 Å². The fourth-order valence-corrected chi connectivity index (χ4v) is 2.81. The smallest absolute Gasteiger partial charge is 0.234 e. The first-order valence-electron chi connectivity index (χ1n) is 6.84. The Morgan fingerprint density at radius 2 is 2.08 bits per heavy atom. The maximum atomic E-state index is 13.1. The van der Waals surface area contributed by atoms with Gasteiger partial charge in [-0.2, -0.15) is 4.68 Å². The molecule has 6 nitrogen and oxygen atoms in total. The molecular weight excluding hydrogens is 353 g/mol. The molecular formula is C15H11ClFN5OS. The molecule has 0 radical (unpaired) electrons. The molecule has 0 saturated heterocycles. The van der Waals surface area contributed by atoms with Crippen molar-refractivity contribution >= 4 is 35.0 Å². The van der Waals surface area contributed by atoms with Crippen molar-refractivity contribution < 1.29 is 9.18 Å². The maximum Gasteiger partial charge on any atom is 0.234 e. The van der Waals surface area contributed by atoms with Crippen LogP contribution in [0.4, 0.5) is 10.1 Å². The number of aromatic nitrogens is 4. The maximum absolute atomic E-state index is 13.1. The lowest BCUT2D eigenvalue weighted by atomic mass is 10.3. The number of thioether (sulfide) groups is 1. The Hall–Kier alpha value is -2.45. The Balaban J connectivity index is 1.65. The highest BCUT2D eigenvalue weighted by atomic mass is 35.5. The molecule has 2 aromatic carbocycles. The second kappa shape index (κ2) is 7.41. The third kappa shape index (κ3) is 4.09. The molecule has 9 heteroatoms. The van der Waals surface area contributed by atoms with Crippen LogP contribution in [0.5, 0.6) is 0 Å². The van der Waals surface area contributed by atoms with Crippen LogP contribution in [-0.4, -0.2) is 31.9 Å². The van der Waals surface area contributed by atoms with Gasteiger partial charge in [0.15, 0.2) is 0 Å². The van der Waals surface area contributed by atoms with E-state index in [0.717, 1.165) is 11.8 Å². The zero-order chi connectivity index (χ0) is 16.9. The third-order valence-electron chi connectivity index (χ3n) is 2.93. The molecule has 0 atom stereocenters. The molecule has 24 heavy (non-hydrogen) atoms. The minimum absolute atomic E-state index is 0.0808. The number of anilines is 1. The van der Waals surface area contributed by atoms with E-state index in [1.54, 1.807) is 30.3 Å². The average molecular weight is 364 g/mol. The largest absolute Gasteiger partial charge is 0.325 e. The average Bonchev–Trinajstić information content (AvgIpc) is 3.01. The summed E-state index contributed by atoms with van der Waals surface area (Å²) in [5.41, 5.74) is 1.09. The van der Waals surface area contributed by atoms with Gasteiger partial charge in [-0.3, -0.25) is 4.79 Å². The SMILES string of the molecule is O=C(CSc1nnnn1-c1cccc(Cl)c1)Nc1cccc(F)c1. The summed E-state index contributed by atoms with van der Waals surface area (Å²) >= 11 is 7.13. The van der Waals surface area contributed by atoms with Crippen molar-refractivity contribution in [1.29, 1.82) is 0 Å². The quantitative estimate of drug-likeness (QED) is 0.705. The number of benzene rings is 2. The molecule has 1 amide bonds. The van der Waals surface area contributed by atoms with Gasteiger partial charge in [0.05, 0.1) is 11.4 Å². The Morgan fingerprint density at radius 3 is 2.88 bits per heavy atom.